The van der Waals surface area contributed by atoms with Gasteiger partial charge in [-0.3, -0.25) is 0 Å². The molecule has 0 aliphatic heterocycles. The lowest BCUT2D eigenvalue weighted by Crippen LogP contribution is -2.45. The van der Waals surface area contributed by atoms with E-state index in [0.717, 1.165) is 0 Å². The van der Waals surface area contributed by atoms with Gasteiger partial charge in [-0.05, 0) is 0 Å². The number of hydrogen-bond donors (Lipinski definition) is 4. The van der Waals surface area contributed by atoms with E-state index in [1.807, 2.05) is 0 Å². The van der Waals surface area contributed by atoms with Gasteiger partial charge in [0.1, 0.15) is 5.82 Å². The first-order chi connectivity index (χ1) is 8.85. The number of carboxylic acid groups (broad SMARTS) is 1. The molecular formula is C10H9F3N2O4. The maximum absolute atomic E-state index is 13.2. The molecule has 9 heteroatoms. The van der Waals surface area contributed by atoms with Crippen LogP contribution < -0.4 is 10.6 Å². The van der Waals surface area contributed by atoms with Gasteiger partial charge in [-0.25, -0.2) is 22.8 Å². The van der Waals surface area contributed by atoms with E-state index in [-0.39, 0.29) is 6.07 Å². The molecule has 2 amide bonds. The number of nitrogens with one attached hydrogen (secondary N) is 2. The number of carbonyl (C=O) groups excluding carboxylic acids is 1. The standard InChI is InChI=1S/C10H9F3N2O4/c11-4-1-5(12)8(13)6(2-4)14-10(19)15-7(3-16)9(17)18/h1-2,7,16H,3H2,(H,17,18)(H2,14,15,19)/t7-/m0/s1. The molecule has 19 heavy (non-hydrogen) atoms. The lowest BCUT2D eigenvalue weighted by atomic mass is 10.3. The minimum absolute atomic E-state index is 0.284. The van der Waals surface area contributed by atoms with E-state index < -0.39 is 47.8 Å². The molecule has 0 saturated heterocycles. The van der Waals surface area contributed by atoms with Crippen molar-refractivity contribution in [3.05, 3.63) is 29.6 Å². The third-order valence-electron chi connectivity index (χ3n) is 2.03. The Hall–Kier alpha value is -2.29. The summed E-state index contributed by atoms with van der Waals surface area (Å²) in [7, 11) is 0. The molecule has 4 N–H and O–H groups in total. The smallest absolute Gasteiger partial charge is 0.328 e. The Morgan fingerprint density at radius 1 is 1.26 bits per heavy atom. The summed E-state index contributed by atoms with van der Waals surface area (Å²) in [4.78, 5) is 21.7. The third-order valence-corrected chi connectivity index (χ3v) is 2.03. The van der Waals surface area contributed by atoms with Gasteiger partial charge in [0, 0.05) is 12.1 Å². The summed E-state index contributed by atoms with van der Waals surface area (Å²) in [5.41, 5.74) is -0.794. The number of aliphatic hydroxyl groups is 1. The molecule has 1 rings (SSSR count). The van der Waals surface area contributed by atoms with Gasteiger partial charge >= 0.3 is 12.0 Å². The number of halogens is 3. The van der Waals surface area contributed by atoms with E-state index in [4.69, 9.17) is 10.2 Å². The highest BCUT2D eigenvalue weighted by atomic mass is 19.2. The SMILES string of the molecule is O=C(Nc1cc(F)cc(F)c1F)N[C@@H](CO)C(=O)O. The van der Waals surface area contributed by atoms with Crippen molar-refractivity contribution in [1.29, 1.82) is 0 Å². The lowest BCUT2D eigenvalue weighted by molar-refractivity contribution is -0.140. The number of urea groups is 1. The number of carboxylic acids is 1. The maximum atomic E-state index is 13.2. The number of anilines is 1. The number of amides is 2. The second kappa shape index (κ2) is 6.05. The van der Waals surface area contributed by atoms with Gasteiger partial charge in [-0.15, -0.1) is 0 Å². The Morgan fingerprint density at radius 2 is 1.89 bits per heavy atom. The number of aliphatic hydroxyl groups excluding tert-OH is 1. The molecule has 1 aromatic rings. The van der Waals surface area contributed by atoms with E-state index in [2.05, 4.69) is 0 Å². The highest BCUT2D eigenvalue weighted by Gasteiger charge is 2.20. The van der Waals surface area contributed by atoms with Crippen LogP contribution in [0.5, 0.6) is 0 Å². The molecule has 0 heterocycles. The number of benzene rings is 1. The second-order valence-electron chi connectivity index (χ2n) is 3.42. The van der Waals surface area contributed by atoms with E-state index in [1.54, 1.807) is 10.6 Å². The van der Waals surface area contributed by atoms with E-state index in [9.17, 15) is 22.8 Å². The normalized spacial score (nSPS) is 11.8. The van der Waals surface area contributed by atoms with Crippen LogP contribution in [0.4, 0.5) is 23.7 Å². The summed E-state index contributed by atoms with van der Waals surface area (Å²) in [6, 6.07) is -2.05. The van der Waals surface area contributed by atoms with Crippen LogP contribution in [0.3, 0.4) is 0 Å². The van der Waals surface area contributed by atoms with Crippen LogP contribution in [-0.4, -0.2) is 34.9 Å². The van der Waals surface area contributed by atoms with Gasteiger partial charge in [0.15, 0.2) is 17.7 Å². The van der Waals surface area contributed by atoms with Crippen molar-refractivity contribution in [3.63, 3.8) is 0 Å². The van der Waals surface area contributed by atoms with Gasteiger partial charge in [-0.1, -0.05) is 0 Å². The van der Waals surface area contributed by atoms with Gasteiger partial charge < -0.3 is 20.8 Å². The first kappa shape index (κ1) is 14.8. The zero-order valence-corrected chi connectivity index (χ0v) is 9.28. The molecule has 0 fully saturated rings. The molecule has 1 aromatic carbocycles. The highest BCUT2D eigenvalue weighted by molar-refractivity contribution is 5.92. The molecular weight excluding hydrogens is 269 g/mol. The van der Waals surface area contributed by atoms with Gasteiger partial charge in [-0.2, -0.15) is 0 Å². The fraction of sp³-hybridized carbons (Fsp3) is 0.200. The number of rotatable bonds is 4. The summed E-state index contributed by atoms with van der Waals surface area (Å²) in [5, 5.41) is 20.7. The molecule has 0 unspecified atom stereocenters. The van der Waals surface area contributed by atoms with Crippen LogP contribution in [0.2, 0.25) is 0 Å². The molecule has 0 bridgehead atoms. The molecule has 0 radical (unpaired) electrons. The Morgan fingerprint density at radius 3 is 2.42 bits per heavy atom. The predicted octanol–water partition coefficient (Wildman–Crippen LogP) is 0.671. The quantitative estimate of drug-likeness (QED) is 0.608. The molecule has 0 aliphatic carbocycles. The minimum Gasteiger partial charge on any atom is -0.480 e. The van der Waals surface area contributed by atoms with Crippen molar-refractivity contribution < 1.29 is 33.0 Å². The second-order valence-corrected chi connectivity index (χ2v) is 3.42. The van der Waals surface area contributed by atoms with Crippen LogP contribution >= 0.6 is 0 Å². The number of aliphatic carboxylic acids is 1. The van der Waals surface area contributed by atoms with Crippen molar-refractivity contribution in [2.45, 2.75) is 6.04 Å². The summed E-state index contributed by atoms with van der Waals surface area (Å²) in [6.07, 6.45) is 0. The van der Waals surface area contributed by atoms with Crippen LogP contribution in [0, 0.1) is 17.5 Å². The average molecular weight is 278 g/mol. The Bertz CT molecular complexity index is 510. The van der Waals surface area contributed by atoms with Crippen molar-refractivity contribution in [3.8, 4) is 0 Å². The topological polar surface area (TPSA) is 98.7 Å². The van der Waals surface area contributed by atoms with Crippen molar-refractivity contribution in [2.24, 2.45) is 0 Å². The first-order valence-electron chi connectivity index (χ1n) is 4.91. The molecule has 104 valence electrons. The Labute approximate surface area is 104 Å². The largest absolute Gasteiger partial charge is 0.480 e. The van der Waals surface area contributed by atoms with Gasteiger partial charge in [0.25, 0.3) is 0 Å². The van der Waals surface area contributed by atoms with E-state index in [0.29, 0.717) is 6.07 Å². The third kappa shape index (κ3) is 3.85. The van der Waals surface area contributed by atoms with Crippen molar-refractivity contribution >= 4 is 17.7 Å². The van der Waals surface area contributed by atoms with Crippen LogP contribution in [0.25, 0.3) is 0 Å². The summed E-state index contributed by atoms with van der Waals surface area (Å²) in [6.45, 7) is -0.900. The fourth-order valence-corrected chi connectivity index (χ4v) is 1.15. The minimum atomic E-state index is -1.62. The van der Waals surface area contributed by atoms with Crippen LogP contribution in [-0.2, 0) is 4.79 Å². The zero-order valence-electron chi connectivity index (χ0n) is 9.28. The average Bonchev–Trinajstić information content (AvgIpc) is 2.32. The van der Waals surface area contributed by atoms with E-state index >= 15 is 0 Å². The molecule has 0 spiro atoms. The van der Waals surface area contributed by atoms with Gasteiger partial charge in [0.05, 0.1) is 12.3 Å². The van der Waals surface area contributed by atoms with Crippen molar-refractivity contribution in [1.82, 2.24) is 5.32 Å². The number of carbonyl (C=O) groups is 2. The van der Waals surface area contributed by atoms with E-state index in [1.165, 1.54) is 0 Å². The lowest BCUT2D eigenvalue weighted by Gasteiger charge is -2.13. The molecule has 0 aromatic heterocycles. The Kier molecular flexibility index (Phi) is 4.70. The number of hydrogen-bond acceptors (Lipinski definition) is 3. The summed E-state index contributed by atoms with van der Waals surface area (Å²) < 4.78 is 38.8. The summed E-state index contributed by atoms with van der Waals surface area (Å²) in [5.74, 6) is -5.64. The van der Waals surface area contributed by atoms with Crippen molar-refractivity contribution in [2.75, 3.05) is 11.9 Å². The maximum Gasteiger partial charge on any atom is 0.328 e. The predicted molar refractivity (Wildman–Crippen MR) is 57.0 cm³/mol. The zero-order chi connectivity index (χ0) is 14.6. The van der Waals surface area contributed by atoms with Gasteiger partial charge in [0.2, 0.25) is 0 Å². The Balaban J connectivity index is 2.80. The molecule has 0 aliphatic rings. The molecule has 1 atom stereocenters. The summed E-state index contributed by atoms with van der Waals surface area (Å²) >= 11 is 0. The van der Waals surface area contributed by atoms with Crippen LogP contribution in [0.15, 0.2) is 12.1 Å². The van der Waals surface area contributed by atoms with Crippen LogP contribution in [0.1, 0.15) is 0 Å². The molecule has 6 nitrogen and oxygen atoms in total. The highest BCUT2D eigenvalue weighted by Crippen LogP contribution is 2.18. The fourth-order valence-electron chi connectivity index (χ4n) is 1.15. The first-order valence-corrected chi connectivity index (χ1v) is 4.91. The monoisotopic (exact) mass is 278 g/mol. The molecule has 0 saturated carbocycles.